The van der Waals surface area contributed by atoms with Gasteiger partial charge in [0.05, 0.1) is 0 Å². The van der Waals surface area contributed by atoms with E-state index in [-0.39, 0.29) is 16.7 Å². The molecule has 1 nitrogen and oxygen atoms in total. The van der Waals surface area contributed by atoms with Crippen LogP contribution in [0.2, 0.25) is 0 Å². The summed E-state index contributed by atoms with van der Waals surface area (Å²) in [4.78, 5) is 0.211. The van der Waals surface area contributed by atoms with Crippen LogP contribution < -0.4 is 5.32 Å². The van der Waals surface area contributed by atoms with E-state index in [0.717, 1.165) is 18.7 Å². The first-order chi connectivity index (χ1) is 8.87. The second-order valence-corrected chi connectivity index (χ2v) is 5.71. The SMILES string of the molecule is CC(C)CNCC=Cc1ccc(SC(F)(F)F)cc1. The van der Waals surface area contributed by atoms with Gasteiger partial charge in [-0.3, -0.25) is 0 Å². The Morgan fingerprint density at radius 3 is 2.37 bits per heavy atom. The minimum absolute atomic E-state index is 0.0918. The van der Waals surface area contributed by atoms with E-state index < -0.39 is 5.51 Å². The summed E-state index contributed by atoms with van der Waals surface area (Å²) in [6.45, 7) is 5.98. The molecule has 0 fully saturated rings. The van der Waals surface area contributed by atoms with Gasteiger partial charge >= 0.3 is 5.51 Å². The summed E-state index contributed by atoms with van der Waals surface area (Å²) in [6.07, 6.45) is 3.86. The Bertz CT molecular complexity index is 396. The highest BCUT2D eigenvalue weighted by Crippen LogP contribution is 2.36. The largest absolute Gasteiger partial charge is 0.446 e. The van der Waals surface area contributed by atoms with E-state index in [9.17, 15) is 13.2 Å². The van der Waals surface area contributed by atoms with E-state index >= 15 is 0 Å². The maximum Gasteiger partial charge on any atom is 0.446 e. The summed E-state index contributed by atoms with van der Waals surface area (Å²) in [7, 11) is 0. The monoisotopic (exact) mass is 289 g/mol. The average Bonchev–Trinajstić information content (AvgIpc) is 2.28. The van der Waals surface area contributed by atoms with Crippen LogP contribution in [-0.4, -0.2) is 18.6 Å². The zero-order chi connectivity index (χ0) is 14.3. The molecule has 5 heteroatoms. The Hall–Kier alpha value is -0.940. The topological polar surface area (TPSA) is 12.0 Å². The molecule has 0 bridgehead atoms. The molecule has 0 saturated heterocycles. The van der Waals surface area contributed by atoms with Gasteiger partial charge in [-0.05, 0) is 41.9 Å². The predicted molar refractivity (Wildman–Crippen MR) is 75.1 cm³/mol. The molecule has 106 valence electrons. The summed E-state index contributed by atoms with van der Waals surface area (Å²) in [5.41, 5.74) is -3.32. The second kappa shape index (κ2) is 7.60. The Kier molecular flexibility index (Phi) is 6.45. The van der Waals surface area contributed by atoms with E-state index in [2.05, 4.69) is 19.2 Å². The zero-order valence-electron chi connectivity index (χ0n) is 11.0. The molecule has 0 aromatic heterocycles. The van der Waals surface area contributed by atoms with Gasteiger partial charge in [0, 0.05) is 11.4 Å². The van der Waals surface area contributed by atoms with Crippen molar-refractivity contribution >= 4 is 17.8 Å². The van der Waals surface area contributed by atoms with Gasteiger partial charge in [0.1, 0.15) is 0 Å². The first-order valence-corrected chi connectivity index (χ1v) is 6.91. The molecule has 0 aliphatic carbocycles. The number of nitrogens with one attached hydrogen (secondary N) is 1. The molecular formula is C14H18F3NS. The number of alkyl halides is 3. The third-order valence-electron chi connectivity index (χ3n) is 2.24. The highest BCUT2D eigenvalue weighted by atomic mass is 32.2. The summed E-state index contributed by atoms with van der Waals surface area (Å²) in [5, 5.41) is 3.26. The van der Waals surface area contributed by atoms with Gasteiger partial charge in [-0.15, -0.1) is 0 Å². The lowest BCUT2D eigenvalue weighted by molar-refractivity contribution is -0.0328. The lowest BCUT2D eigenvalue weighted by Gasteiger charge is -2.05. The van der Waals surface area contributed by atoms with Gasteiger partial charge in [-0.25, -0.2) is 0 Å². The first-order valence-electron chi connectivity index (χ1n) is 6.10. The molecule has 0 spiro atoms. The fourth-order valence-electron chi connectivity index (χ4n) is 1.43. The predicted octanol–water partition coefficient (Wildman–Crippen LogP) is 4.56. The van der Waals surface area contributed by atoms with Crippen LogP contribution in [0.15, 0.2) is 35.2 Å². The van der Waals surface area contributed by atoms with Crippen molar-refractivity contribution in [1.29, 1.82) is 0 Å². The van der Waals surface area contributed by atoms with Crippen molar-refractivity contribution < 1.29 is 13.2 Å². The van der Waals surface area contributed by atoms with Crippen molar-refractivity contribution in [2.45, 2.75) is 24.3 Å². The quantitative estimate of drug-likeness (QED) is 0.608. The van der Waals surface area contributed by atoms with E-state index in [1.165, 1.54) is 12.1 Å². The van der Waals surface area contributed by atoms with Gasteiger partial charge in [0.2, 0.25) is 0 Å². The lowest BCUT2D eigenvalue weighted by Crippen LogP contribution is -2.19. The molecule has 0 aliphatic rings. The van der Waals surface area contributed by atoms with Crippen LogP contribution in [0, 0.1) is 5.92 Å². The van der Waals surface area contributed by atoms with Gasteiger partial charge in [0.25, 0.3) is 0 Å². The number of halogens is 3. The maximum absolute atomic E-state index is 12.1. The van der Waals surface area contributed by atoms with Gasteiger partial charge < -0.3 is 5.32 Å². The molecule has 0 unspecified atom stereocenters. The molecule has 1 aromatic rings. The maximum atomic E-state index is 12.1. The number of hydrogen-bond acceptors (Lipinski definition) is 2. The average molecular weight is 289 g/mol. The Labute approximate surface area is 116 Å². The van der Waals surface area contributed by atoms with Crippen LogP contribution in [0.1, 0.15) is 19.4 Å². The molecule has 1 rings (SSSR count). The fourth-order valence-corrected chi connectivity index (χ4v) is 1.97. The molecule has 0 aliphatic heterocycles. The Morgan fingerprint density at radius 1 is 1.21 bits per heavy atom. The van der Waals surface area contributed by atoms with Crippen LogP contribution in [0.3, 0.4) is 0 Å². The smallest absolute Gasteiger partial charge is 0.313 e. The summed E-state index contributed by atoms with van der Waals surface area (Å²) in [6, 6.07) is 6.35. The van der Waals surface area contributed by atoms with Crippen LogP contribution in [0.4, 0.5) is 13.2 Å². The van der Waals surface area contributed by atoms with Gasteiger partial charge in [0.15, 0.2) is 0 Å². The van der Waals surface area contributed by atoms with Crippen molar-refractivity contribution in [3.05, 3.63) is 35.9 Å². The summed E-state index contributed by atoms with van der Waals surface area (Å²) < 4.78 is 36.4. The molecule has 1 N–H and O–H groups in total. The zero-order valence-corrected chi connectivity index (χ0v) is 11.8. The van der Waals surface area contributed by atoms with E-state index in [4.69, 9.17) is 0 Å². The van der Waals surface area contributed by atoms with Crippen molar-refractivity contribution in [1.82, 2.24) is 5.32 Å². The van der Waals surface area contributed by atoms with Crippen molar-refractivity contribution in [3.63, 3.8) is 0 Å². The molecular weight excluding hydrogens is 271 g/mol. The second-order valence-electron chi connectivity index (χ2n) is 4.57. The molecule has 0 radical (unpaired) electrons. The number of benzene rings is 1. The van der Waals surface area contributed by atoms with Crippen molar-refractivity contribution in [3.8, 4) is 0 Å². The number of thioether (sulfide) groups is 1. The minimum Gasteiger partial charge on any atom is -0.313 e. The summed E-state index contributed by atoms with van der Waals surface area (Å²) >= 11 is -0.0918. The van der Waals surface area contributed by atoms with Gasteiger partial charge in [-0.2, -0.15) is 13.2 Å². The molecule has 1 aromatic carbocycles. The molecule has 0 heterocycles. The highest BCUT2D eigenvalue weighted by Gasteiger charge is 2.28. The highest BCUT2D eigenvalue weighted by molar-refractivity contribution is 8.00. The first kappa shape index (κ1) is 16.1. The van der Waals surface area contributed by atoms with Crippen LogP contribution in [-0.2, 0) is 0 Å². The third-order valence-corrected chi connectivity index (χ3v) is 2.98. The number of hydrogen-bond donors (Lipinski definition) is 1. The molecule has 0 saturated carbocycles. The van der Waals surface area contributed by atoms with Crippen molar-refractivity contribution in [2.24, 2.45) is 5.92 Å². The standard InChI is InChI=1S/C14H18F3NS/c1-11(2)10-18-9-3-4-12-5-7-13(8-6-12)19-14(15,16)17/h3-8,11,18H,9-10H2,1-2H3. The lowest BCUT2D eigenvalue weighted by atomic mass is 10.2. The Morgan fingerprint density at radius 2 is 1.84 bits per heavy atom. The van der Waals surface area contributed by atoms with Crippen LogP contribution in [0.5, 0.6) is 0 Å². The molecule has 0 amide bonds. The van der Waals surface area contributed by atoms with E-state index in [1.54, 1.807) is 12.1 Å². The fraction of sp³-hybridized carbons (Fsp3) is 0.429. The normalized spacial score (nSPS) is 12.5. The van der Waals surface area contributed by atoms with E-state index in [1.807, 2.05) is 12.2 Å². The van der Waals surface area contributed by atoms with E-state index in [0.29, 0.717) is 5.92 Å². The third kappa shape index (κ3) is 7.95. The molecule has 19 heavy (non-hydrogen) atoms. The summed E-state index contributed by atoms with van der Waals surface area (Å²) in [5.74, 6) is 0.604. The molecule has 0 atom stereocenters. The minimum atomic E-state index is -4.22. The van der Waals surface area contributed by atoms with Crippen LogP contribution >= 0.6 is 11.8 Å². The Balaban J connectivity index is 2.41. The number of rotatable bonds is 6. The van der Waals surface area contributed by atoms with Gasteiger partial charge in [-0.1, -0.05) is 38.1 Å². The van der Waals surface area contributed by atoms with Crippen LogP contribution in [0.25, 0.3) is 6.08 Å². The van der Waals surface area contributed by atoms with Crippen molar-refractivity contribution in [2.75, 3.05) is 13.1 Å².